The van der Waals surface area contributed by atoms with Gasteiger partial charge in [0.05, 0.1) is 0 Å². The lowest BCUT2D eigenvalue weighted by molar-refractivity contribution is 0.145. The predicted octanol–water partition coefficient (Wildman–Crippen LogP) is 4.23. The van der Waals surface area contributed by atoms with Crippen molar-refractivity contribution in [3.63, 3.8) is 0 Å². The lowest BCUT2D eigenvalue weighted by atomic mass is 9.70. The van der Waals surface area contributed by atoms with Crippen molar-refractivity contribution in [2.75, 3.05) is 7.05 Å². The highest BCUT2D eigenvalue weighted by molar-refractivity contribution is 4.87. The highest BCUT2D eigenvalue weighted by Gasteiger charge is 2.32. The molecule has 0 aromatic rings. The first-order valence-electron chi connectivity index (χ1n) is 7.88. The molecule has 0 saturated heterocycles. The van der Waals surface area contributed by atoms with Gasteiger partial charge in [-0.1, -0.05) is 39.5 Å². The van der Waals surface area contributed by atoms with Crippen LogP contribution in [0.15, 0.2) is 0 Å². The van der Waals surface area contributed by atoms with E-state index in [0.717, 1.165) is 29.7 Å². The molecule has 0 spiro atoms. The van der Waals surface area contributed by atoms with Gasteiger partial charge in [-0.25, -0.2) is 0 Å². The third-order valence-corrected chi connectivity index (χ3v) is 5.39. The highest BCUT2D eigenvalue weighted by Crippen LogP contribution is 2.38. The van der Waals surface area contributed by atoms with Crippen LogP contribution in [0.3, 0.4) is 0 Å². The summed E-state index contributed by atoms with van der Waals surface area (Å²) in [5.41, 5.74) is 0. The molecule has 100 valence electrons. The molecular weight excluding hydrogens is 206 g/mol. The summed E-state index contributed by atoms with van der Waals surface area (Å²) in [6.45, 7) is 4.87. The van der Waals surface area contributed by atoms with E-state index in [1.165, 1.54) is 51.4 Å². The minimum absolute atomic E-state index is 0.810. The first-order valence-corrected chi connectivity index (χ1v) is 7.88. The average molecular weight is 237 g/mol. The van der Waals surface area contributed by atoms with Gasteiger partial charge in [-0.2, -0.15) is 0 Å². The van der Waals surface area contributed by atoms with Crippen molar-refractivity contribution < 1.29 is 0 Å². The van der Waals surface area contributed by atoms with E-state index in [9.17, 15) is 0 Å². The van der Waals surface area contributed by atoms with Crippen molar-refractivity contribution in [3.8, 4) is 0 Å². The topological polar surface area (TPSA) is 12.0 Å². The molecule has 0 bridgehead atoms. The fourth-order valence-corrected chi connectivity index (χ4v) is 4.31. The maximum Gasteiger partial charge on any atom is 0.0121 e. The molecule has 0 aliphatic heterocycles. The summed E-state index contributed by atoms with van der Waals surface area (Å²) in [5.74, 6) is 3.87. The van der Waals surface area contributed by atoms with Crippen LogP contribution >= 0.6 is 0 Å². The minimum Gasteiger partial charge on any atom is -0.316 e. The Labute approximate surface area is 108 Å². The Bertz CT molecular complexity index is 218. The van der Waals surface area contributed by atoms with Gasteiger partial charge in [-0.15, -0.1) is 0 Å². The summed E-state index contributed by atoms with van der Waals surface area (Å²) >= 11 is 0. The van der Waals surface area contributed by atoms with Crippen LogP contribution in [-0.2, 0) is 0 Å². The molecule has 0 aromatic carbocycles. The molecule has 0 aromatic heterocycles. The first-order chi connectivity index (χ1) is 8.20. The molecular formula is C16H31N. The van der Waals surface area contributed by atoms with E-state index in [-0.39, 0.29) is 0 Å². The summed E-state index contributed by atoms with van der Waals surface area (Å²) in [4.78, 5) is 0. The van der Waals surface area contributed by atoms with Crippen LogP contribution in [0.5, 0.6) is 0 Å². The minimum atomic E-state index is 0.810. The maximum absolute atomic E-state index is 3.68. The standard InChI is InChI=1S/C16H31N/c1-12-7-9-14(10-8-12)16(17-3)15-6-4-5-13(2)11-15/h12-17H,4-11H2,1-3H3. The number of hydrogen-bond donors (Lipinski definition) is 1. The quantitative estimate of drug-likeness (QED) is 0.774. The van der Waals surface area contributed by atoms with E-state index in [0.29, 0.717) is 0 Å². The second kappa shape index (κ2) is 6.22. The largest absolute Gasteiger partial charge is 0.316 e. The molecule has 3 atom stereocenters. The molecule has 3 unspecified atom stereocenters. The van der Waals surface area contributed by atoms with Crippen molar-refractivity contribution >= 4 is 0 Å². The molecule has 1 heteroatoms. The third kappa shape index (κ3) is 3.47. The van der Waals surface area contributed by atoms with E-state index >= 15 is 0 Å². The molecule has 2 aliphatic carbocycles. The summed E-state index contributed by atoms with van der Waals surface area (Å²) < 4.78 is 0. The van der Waals surface area contributed by atoms with Gasteiger partial charge in [0.25, 0.3) is 0 Å². The zero-order chi connectivity index (χ0) is 12.3. The number of nitrogens with one attached hydrogen (secondary N) is 1. The van der Waals surface area contributed by atoms with Gasteiger partial charge >= 0.3 is 0 Å². The van der Waals surface area contributed by atoms with Crippen molar-refractivity contribution in [2.24, 2.45) is 23.7 Å². The van der Waals surface area contributed by atoms with Crippen molar-refractivity contribution in [1.82, 2.24) is 5.32 Å². The molecule has 1 N–H and O–H groups in total. The van der Waals surface area contributed by atoms with Crippen LogP contribution < -0.4 is 5.32 Å². The first kappa shape index (κ1) is 13.4. The Morgan fingerprint density at radius 2 is 1.53 bits per heavy atom. The predicted molar refractivity (Wildman–Crippen MR) is 75.1 cm³/mol. The zero-order valence-corrected chi connectivity index (χ0v) is 12.0. The molecule has 1 nitrogen and oxygen atoms in total. The van der Waals surface area contributed by atoms with E-state index in [1.54, 1.807) is 0 Å². The second-order valence-corrected chi connectivity index (χ2v) is 6.87. The summed E-state index contributed by atoms with van der Waals surface area (Å²) in [5, 5.41) is 3.68. The van der Waals surface area contributed by atoms with Gasteiger partial charge in [-0.05, 0) is 56.4 Å². The van der Waals surface area contributed by atoms with E-state index < -0.39 is 0 Å². The zero-order valence-electron chi connectivity index (χ0n) is 12.0. The van der Waals surface area contributed by atoms with Crippen LogP contribution in [0.25, 0.3) is 0 Å². The lowest BCUT2D eigenvalue weighted by Crippen LogP contribution is -2.43. The van der Waals surface area contributed by atoms with Crippen LogP contribution in [0.4, 0.5) is 0 Å². The van der Waals surface area contributed by atoms with Gasteiger partial charge in [0, 0.05) is 6.04 Å². The van der Waals surface area contributed by atoms with Gasteiger partial charge < -0.3 is 5.32 Å². The summed E-state index contributed by atoms with van der Waals surface area (Å²) in [6.07, 6.45) is 11.7. The second-order valence-electron chi connectivity index (χ2n) is 6.87. The number of rotatable bonds is 3. The Morgan fingerprint density at radius 1 is 0.824 bits per heavy atom. The molecule has 17 heavy (non-hydrogen) atoms. The molecule has 2 saturated carbocycles. The fraction of sp³-hybridized carbons (Fsp3) is 1.00. The van der Waals surface area contributed by atoms with Gasteiger partial charge in [-0.3, -0.25) is 0 Å². The third-order valence-electron chi connectivity index (χ3n) is 5.39. The van der Waals surface area contributed by atoms with E-state index in [2.05, 4.69) is 26.2 Å². The monoisotopic (exact) mass is 237 g/mol. The van der Waals surface area contributed by atoms with Crippen molar-refractivity contribution in [1.29, 1.82) is 0 Å². The van der Waals surface area contributed by atoms with E-state index in [4.69, 9.17) is 0 Å². The van der Waals surface area contributed by atoms with Crippen molar-refractivity contribution in [3.05, 3.63) is 0 Å². The Kier molecular flexibility index (Phi) is 4.90. The summed E-state index contributed by atoms with van der Waals surface area (Å²) in [7, 11) is 2.20. The summed E-state index contributed by atoms with van der Waals surface area (Å²) in [6, 6.07) is 0.810. The van der Waals surface area contributed by atoms with Gasteiger partial charge in [0.15, 0.2) is 0 Å². The van der Waals surface area contributed by atoms with Crippen LogP contribution in [-0.4, -0.2) is 13.1 Å². The molecule has 2 fully saturated rings. The van der Waals surface area contributed by atoms with Crippen molar-refractivity contribution in [2.45, 2.75) is 71.3 Å². The van der Waals surface area contributed by atoms with Crippen LogP contribution in [0.1, 0.15) is 65.2 Å². The fourth-order valence-electron chi connectivity index (χ4n) is 4.31. The van der Waals surface area contributed by atoms with Crippen LogP contribution in [0.2, 0.25) is 0 Å². The van der Waals surface area contributed by atoms with Gasteiger partial charge in [0.2, 0.25) is 0 Å². The Morgan fingerprint density at radius 3 is 2.12 bits per heavy atom. The Hall–Kier alpha value is -0.0400. The molecule has 2 aliphatic rings. The highest BCUT2D eigenvalue weighted by atomic mass is 14.9. The van der Waals surface area contributed by atoms with Crippen LogP contribution in [0, 0.1) is 23.7 Å². The number of hydrogen-bond acceptors (Lipinski definition) is 1. The normalized spacial score (nSPS) is 41.1. The Balaban J connectivity index is 1.90. The molecule has 2 rings (SSSR count). The SMILES string of the molecule is CNC(C1CCC(C)CC1)C1CCCC(C)C1. The molecule has 0 amide bonds. The van der Waals surface area contributed by atoms with E-state index in [1.807, 2.05) is 0 Å². The molecule has 0 heterocycles. The smallest absolute Gasteiger partial charge is 0.0121 e. The maximum atomic E-state index is 3.68. The molecule has 0 radical (unpaired) electrons. The van der Waals surface area contributed by atoms with Gasteiger partial charge in [0.1, 0.15) is 0 Å². The lowest BCUT2D eigenvalue weighted by Gasteiger charge is -2.40. The average Bonchev–Trinajstić information content (AvgIpc) is 2.33.